The number of carboxylic acid groups (broad SMARTS) is 1. The summed E-state index contributed by atoms with van der Waals surface area (Å²) >= 11 is 0. The Morgan fingerprint density at radius 1 is 1.20 bits per heavy atom. The lowest BCUT2D eigenvalue weighted by Crippen LogP contribution is -2.52. The number of fused-ring (bicyclic) bond motifs is 4. The number of aromatic amines is 1. The number of para-hydroxylation sites is 1. The van der Waals surface area contributed by atoms with Gasteiger partial charge in [0.15, 0.2) is 6.10 Å². The van der Waals surface area contributed by atoms with Crippen LogP contribution in [0.2, 0.25) is 0 Å². The fourth-order valence-corrected chi connectivity index (χ4v) is 4.84. The van der Waals surface area contributed by atoms with Crippen molar-refractivity contribution in [3.8, 4) is 5.75 Å². The van der Waals surface area contributed by atoms with E-state index in [-0.39, 0.29) is 12.0 Å². The number of H-pyrrole nitrogens is 1. The number of rotatable bonds is 7. The predicted molar refractivity (Wildman–Crippen MR) is 128 cm³/mol. The maximum Gasteiger partial charge on any atom is 0.339 e. The predicted octanol–water partition coefficient (Wildman–Crippen LogP) is 2.32. The smallest absolute Gasteiger partial charge is 0.339 e. The highest BCUT2D eigenvalue weighted by Gasteiger charge is 2.26. The molecule has 2 N–H and O–H groups in total. The van der Waals surface area contributed by atoms with Crippen LogP contribution in [0, 0.1) is 6.92 Å². The third-order valence-electron chi connectivity index (χ3n) is 6.55. The van der Waals surface area contributed by atoms with Gasteiger partial charge in [-0.25, -0.2) is 4.79 Å². The highest BCUT2D eigenvalue weighted by atomic mass is 16.5. The summed E-state index contributed by atoms with van der Waals surface area (Å²) < 4.78 is 11.6. The molecular weight excluding hydrogens is 448 g/mol. The molecule has 0 fully saturated rings. The van der Waals surface area contributed by atoms with Crippen molar-refractivity contribution in [1.29, 1.82) is 0 Å². The van der Waals surface area contributed by atoms with Gasteiger partial charge in [-0.2, -0.15) is 0 Å². The Labute approximate surface area is 200 Å². The van der Waals surface area contributed by atoms with Gasteiger partial charge in [0.05, 0.1) is 17.4 Å². The molecule has 1 aliphatic rings. The van der Waals surface area contributed by atoms with Crippen molar-refractivity contribution in [3.63, 3.8) is 0 Å². The number of amides is 1. The third-order valence-corrected chi connectivity index (χ3v) is 6.55. The van der Waals surface area contributed by atoms with E-state index in [0.29, 0.717) is 28.7 Å². The highest BCUT2D eigenvalue weighted by Crippen LogP contribution is 2.35. The Balaban J connectivity index is 1.38. The molecule has 0 radical (unpaired) electrons. The number of hydrogen-bond acceptors (Lipinski definition) is 6. The molecular formula is C27H25N2O6-. The van der Waals surface area contributed by atoms with E-state index < -0.39 is 24.0 Å². The van der Waals surface area contributed by atoms with E-state index in [9.17, 15) is 19.5 Å². The Morgan fingerprint density at radius 2 is 1.97 bits per heavy atom. The molecule has 8 heteroatoms. The molecule has 2 heterocycles. The summed E-state index contributed by atoms with van der Waals surface area (Å²) in [4.78, 5) is 40.2. The molecule has 0 aliphatic heterocycles. The lowest BCUT2D eigenvalue weighted by molar-refractivity contribution is -0.308. The van der Waals surface area contributed by atoms with Gasteiger partial charge in [-0.05, 0) is 68.0 Å². The molecule has 0 unspecified atom stereocenters. The number of aryl methyl sites for hydroxylation is 2. The van der Waals surface area contributed by atoms with E-state index >= 15 is 0 Å². The molecule has 5 rings (SSSR count). The van der Waals surface area contributed by atoms with Crippen molar-refractivity contribution in [2.24, 2.45) is 0 Å². The van der Waals surface area contributed by atoms with Crippen LogP contribution in [0.25, 0.3) is 21.9 Å². The number of nitrogens with one attached hydrogen (secondary N) is 2. The summed E-state index contributed by atoms with van der Waals surface area (Å²) in [5.74, 6) is -1.52. The van der Waals surface area contributed by atoms with Crippen molar-refractivity contribution in [2.75, 3.05) is 0 Å². The van der Waals surface area contributed by atoms with Gasteiger partial charge >= 0.3 is 5.63 Å². The van der Waals surface area contributed by atoms with Gasteiger partial charge < -0.3 is 29.4 Å². The summed E-state index contributed by atoms with van der Waals surface area (Å²) in [7, 11) is 0. The van der Waals surface area contributed by atoms with Crippen LogP contribution >= 0.6 is 0 Å². The fourth-order valence-electron chi connectivity index (χ4n) is 4.84. The molecule has 0 bridgehead atoms. The van der Waals surface area contributed by atoms with Crippen LogP contribution in [0.5, 0.6) is 5.75 Å². The number of aliphatic carboxylic acids is 1. The standard InChI is InChI=1S/C27H26N2O6/c1-14-10-22(24-18-7-5-8-19(18)27(33)35-23(24)11-14)34-15(2)25(30)29-21(26(31)32)12-16-13-28-20-9-4-3-6-17(16)20/h3-4,6,9-11,13,15,21,28H,5,7-8,12H2,1-2H3,(H,29,30)(H,31,32)/p-1/t15-,21+/m1/s1. The summed E-state index contributed by atoms with van der Waals surface area (Å²) in [6.45, 7) is 3.40. The second kappa shape index (κ2) is 8.94. The second-order valence-electron chi connectivity index (χ2n) is 9.04. The van der Waals surface area contributed by atoms with Crippen molar-refractivity contribution >= 4 is 33.7 Å². The van der Waals surface area contributed by atoms with Gasteiger partial charge in [0, 0.05) is 29.1 Å². The van der Waals surface area contributed by atoms with Crippen LogP contribution in [-0.4, -0.2) is 29.0 Å². The first-order valence-corrected chi connectivity index (χ1v) is 11.6. The average Bonchev–Trinajstić information content (AvgIpc) is 3.46. The van der Waals surface area contributed by atoms with E-state index in [1.165, 1.54) is 0 Å². The molecule has 2 aromatic heterocycles. The summed E-state index contributed by atoms with van der Waals surface area (Å²) in [6.07, 6.45) is 3.04. The quantitative estimate of drug-likeness (QED) is 0.397. The number of ether oxygens (including phenoxy) is 1. The minimum atomic E-state index is -1.38. The van der Waals surface area contributed by atoms with Crippen LogP contribution in [0.1, 0.15) is 35.6 Å². The number of carbonyl (C=O) groups is 2. The molecule has 1 amide bonds. The zero-order valence-corrected chi connectivity index (χ0v) is 19.5. The van der Waals surface area contributed by atoms with Gasteiger partial charge in [0.25, 0.3) is 5.91 Å². The van der Waals surface area contributed by atoms with Crippen molar-refractivity contribution < 1.29 is 23.8 Å². The van der Waals surface area contributed by atoms with E-state index in [1.54, 1.807) is 25.3 Å². The van der Waals surface area contributed by atoms with Gasteiger partial charge in [-0.3, -0.25) is 4.79 Å². The number of hydrogen-bond donors (Lipinski definition) is 2. The SMILES string of the molecule is Cc1cc(O[C@H](C)C(=O)N[C@@H](Cc2c[nH]c3ccccc23)C(=O)[O-])c2c3c(c(=O)oc2c1)CCC3. The van der Waals surface area contributed by atoms with E-state index in [2.05, 4.69) is 10.3 Å². The topological polar surface area (TPSA) is 124 Å². The monoisotopic (exact) mass is 473 g/mol. The molecule has 8 nitrogen and oxygen atoms in total. The molecule has 2 atom stereocenters. The molecule has 2 aromatic carbocycles. The highest BCUT2D eigenvalue weighted by molar-refractivity contribution is 5.91. The van der Waals surface area contributed by atoms with Crippen LogP contribution in [0.15, 0.2) is 51.8 Å². The molecule has 35 heavy (non-hydrogen) atoms. The Kier molecular flexibility index (Phi) is 5.80. The van der Waals surface area contributed by atoms with Crippen LogP contribution in [0.4, 0.5) is 0 Å². The molecule has 180 valence electrons. The lowest BCUT2D eigenvalue weighted by atomic mass is 10.0. The van der Waals surface area contributed by atoms with Gasteiger partial charge in [0.2, 0.25) is 0 Å². The Morgan fingerprint density at radius 3 is 2.77 bits per heavy atom. The normalized spacial score (nSPS) is 14.6. The largest absolute Gasteiger partial charge is 0.548 e. The zero-order valence-electron chi connectivity index (χ0n) is 19.5. The van der Waals surface area contributed by atoms with E-state index in [4.69, 9.17) is 9.15 Å². The molecule has 0 spiro atoms. The minimum absolute atomic E-state index is 0.0663. The van der Waals surface area contributed by atoms with E-state index in [0.717, 1.165) is 40.4 Å². The first-order valence-electron chi connectivity index (χ1n) is 11.6. The molecule has 0 saturated heterocycles. The molecule has 0 saturated carbocycles. The number of carboxylic acids is 1. The molecule has 4 aromatic rings. The average molecular weight is 474 g/mol. The van der Waals surface area contributed by atoms with Crippen molar-refractivity contribution in [3.05, 3.63) is 75.3 Å². The van der Waals surface area contributed by atoms with Crippen molar-refractivity contribution in [2.45, 2.75) is 51.7 Å². The van der Waals surface area contributed by atoms with Gasteiger partial charge in [-0.15, -0.1) is 0 Å². The Bertz CT molecular complexity index is 1520. The van der Waals surface area contributed by atoms with Gasteiger partial charge in [0.1, 0.15) is 11.3 Å². The first kappa shape index (κ1) is 22.7. The maximum absolute atomic E-state index is 13.0. The summed E-state index contributed by atoms with van der Waals surface area (Å²) in [5, 5.41) is 16.0. The fraction of sp³-hybridized carbons (Fsp3) is 0.296. The van der Waals surface area contributed by atoms with Crippen molar-refractivity contribution in [1.82, 2.24) is 10.3 Å². The molecule has 1 aliphatic carbocycles. The second-order valence-corrected chi connectivity index (χ2v) is 9.04. The zero-order chi connectivity index (χ0) is 24.7. The van der Waals surface area contributed by atoms with Crippen LogP contribution < -0.4 is 20.8 Å². The van der Waals surface area contributed by atoms with Crippen LogP contribution in [0.3, 0.4) is 0 Å². The third kappa shape index (κ3) is 4.27. The minimum Gasteiger partial charge on any atom is -0.548 e. The van der Waals surface area contributed by atoms with Gasteiger partial charge in [-0.1, -0.05) is 18.2 Å². The lowest BCUT2D eigenvalue weighted by Gasteiger charge is -2.23. The summed E-state index contributed by atoms with van der Waals surface area (Å²) in [5.41, 5.74) is 4.09. The number of carbonyl (C=O) groups excluding carboxylic acids is 2. The maximum atomic E-state index is 13.0. The summed E-state index contributed by atoms with van der Waals surface area (Å²) in [6, 6.07) is 9.88. The number of aromatic nitrogens is 1. The number of benzene rings is 2. The Hall–Kier alpha value is -4.07. The first-order chi connectivity index (χ1) is 16.8. The van der Waals surface area contributed by atoms with E-state index in [1.807, 2.05) is 31.2 Å². The van der Waals surface area contributed by atoms with Crippen LogP contribution in [-0.2, 0) is 28.9 Å².